The van der Waals surface area contributed by atoms with Crippen molar-refractivity contribution in [1.29, 1.82) is 0 Å². The predicted octanol–water partition coefficient (Wildman–Crippen LogP) is 5.41. The van der Waals surface area contributed by atoms with Crippen LogP contribution in [-0.2, 0) is 0 Å². The van der Waals surface area contributed by atoms with Gasteiger partial charge < -0.3 is 10.2 Å². The molecule has 1 saturated heterocycles. The minimum atomic E-state index is 0.135. The Morgan fingerprint density at radius 2 is 1.75 bits per heavy atom. The van der Waals surface area contributed by atoms with Crippen LogP contribution < -0.4 is 5.32 Å². The molecule has 0 spiro atoms. The molecule has 0 bridgehead atoms. The van der Waals surface area contributed by atoms with Gasteiger partial charge in [0.25, 0.3) is 0 Å². The Bertz CT molecular complexity index is 1170. The minimum Gasteiger partial charge on any atom is -0.361 e. The standard InChI is InChI=1S/C25H26ClN5S/c1-30-11-13-31(14-12-30)15-22(19-5-3-2-4-6-19)29-24-23-21(16-32-25(23)28-17-27-24)18-7-9-20(26)10-8-18/h2-10,16-17,22H,11-15H2,1H3,(H,27,28,29). The molecule has 3 heterocycles. The van der Waals surface area contributed by atoms with Gasteiger partial charge in [0.05, 0.1) is 11.4 Å². The van der Waals surface area contributed by atoms with Crippen molar-refractivity contribution in [2.24, 2.45) is 0 Å². The van der Waals surface area contributed by atoms with Crippen molar-refractivity contribution in [3.63, 3.8) is 0 Å². The number of piperazine rings is 1. The number of nitrogens with zero attached hydrogens (tertiary/aromatic N) is 4. The van der Waals surface area contributed by atoms with Gasteiger partial charge in [-0.2, -0.15) is 0 Å². The summed E-state index contributed by atoms with van der Waals surface area (Å²) in [4.78, 5) is 15.1. The Morgan fingerprint density at radius 1 is 1.00 bits per heavy atom. The van der Waals surface area contributed by atoms with Crippen molar-refractivity contribution in [3.05, 3.63) is 76.9 Å². The van der Waals surface area contributed by atoms with E-state index in [2.05, 4.69) is 80.0 Å². The number of thiophene rings is 1. The number of nitrogens with one attached hydrogen (secondary N) is 1. The predicted molar refractivity (Wildman–Crippen MR) is 135 cm³/mol. The lowest BCUT2D eigenvalue weighted by molar-refractivity contribution is 0.149. The summed E-state index contributed by atoms with van der Waals surface area (Å²) in [6.07, 6.45) is 1.66. The number of hydrogen-bond donors (Lipinski definition) is 1. The molecule has 5 nitrogen and oxygen atoms in total. The molecule has 1 N–H and O–H groups in total. The van der Waals surface area contributed by atoms with Crippen LogP contribution in [0, 0.1) is 0 Å². The molecule has 0 amide bonds. The van der Waals surface area contributed by atoms with Crippen LogP contribution in [0.25, 0.3) is 21.3 Å². The smallest absolute Gasteiger partial charge is 0.139 e. The summed E-state index contributed by atoms with van der Waals surface area (Å²) in [6.45, 7) is 5.29. The van der Waals surface area contributed by atoms with Crippen molar-refractivity contribution >= 4 is 39.0 Å². The SMILES string of the molecule is CN1CCN(CC(Nc2ncnc3scc(-c4ccc(Cl)cc4)c23)c2ccccc2)CC1. The number of rotatable bonds is 6. The zero-order valence-corrected chi connectivity index (χ0v) is 19.6. The lowest BCUT2D eigenvalue weighted by Gasteiger charge is -2.35. The highest BCUT2D eigenvalue weighted by Gasteiger charge is 2.22. The van der Waals surface area contributed by atoms with Crippen LogP contribution in [0.15, 0.2) is 66.3 Å². The summed E-state index contributed by atoms with van der Waals surface area (Å²) in [5.41, 5.74) is 3.52. The molecule has 0 aliphatic carbocycles. The van der Waals surface area contributed by atoms with Gasteiger partial charge in [-0.25, -0.2) is 9.97 Å². The molecule has 2 aromatic heterocycles. The molecular formula is C25H26ClN5S. The van der Waals surface area contributed by atoms with E-state index in [4.69, 9.17) is 11.6 Å². The second kappa shape index (κ2) is 9.55. The lowest BCUT2D eigenvalue weighted by atomic mass is 10.0. The average Bonchev–Trinajstić information content (AvgIpc) is 3.26. The summed E-state index contributed by atoms with van der Waals surface area (Å²) in [6, 6.07) is 18.8. The van der Waals surface area contributed by atoms with Crippen LogP contribution in [0.2, 0.25) is 5.02 Å². The largest absolute Gasteiger partial charge is 0.361 e. The summed E-state index contributed by atoms with van der Waals surface area (Å²) >= 11 is 7.76. The monoisotopic (exact) mass is 463 g/mol. The Morgan fingerprint density at radius 3 is 2.50 bits per heavy atom. The summed E-state index contributed by atoms with van der Waals surface area (Å²) < 4.78 is 0. The van der Waals surface area contributed by atoms with Gasteiger partial charge in [-0.15, -0.1) is 11.3 Å². The van der Waals surface area contributed by atoms with E-state index in [1.54, 1.807) is 17.7 Å². The molecule has 5 rings (SSSR count). The number of likely N-dealkylation sites (N-methyl/N-ethyl adjacent to an activating group) is 1. The number of anilines is 1. The van der Waals surface area contributed by atoms with Crippen LogP contribution in [0.1, 0.15) is 11.6 Å². The molecular weight excluding hydrogens is 438 g/mol. The first-order valence-corrected chi connectivity index (χ1v) is 12.1. The van der Waals surface area contributed by atoms with Gasteiger partial charge in [0.2, 0.25) is 0 Å². The molecule has 7 heteroatoms. The van der Waals surface area contributed by atoms with Gasteiger partial charge in [-0.05, 0) is 30.3 Å². The van der Waals surface area contributed by atoms with E-state index in [-0.39, 0.29) is 6.04 Å². The fraction of sp³-hybridized carbons (Fsp3) is 0.280. The van der Waals surface area contributed by atoms with E-state index in [1.165, 1.54) is 5.56 Å². The summed E-state index contributed by atoms with van der Waals surface area (Å²) in [7, 11) is 2.19. The van der Waals surface area contributed by atoms with Gasteiger partial charge in [-0.1, -0.05) is 54.1 Å². The van der Waals surface area contributed by atoms with Crippen LogP contribution in [0.5, 0.6) is 0 Å². The van der Waals surface area contributed by atoms with Crippen LogP contribution in [0.3, 0.4) is 0 Å². The lowest BCUT2D eigenvalue weighted by Crippen LogP contribution is -2.46. The maximum atomic E-state index is 6.12. The Kier molecular flexibility index (Phi) is 6.37. The normalized spacial score (nSPS) is 16.3. The number of halogens is 1. The van der Waals surface area contributed by atoms with Gasteiger partial charge in [0.1, 0.15) is 17.0 Å². The van der Waals surface area contributed by atoms with E-state index >= 15 is 0 Å². The fourth-order valence-electron chi connectivity index (χ4n) is 4.20. The zero-order chi connectivity index (χ0) is 21.9. The van der Waals surface area contributed by atoms with E-state index in [1.807, 2.05) is 12.1 Å². The first-order valence-electron chi connectivity index (χ1n) is 10.9. The molecule has 0 radical (unpaired) electrons. The van der Waals surface area contributed by atoms with Crippen molar-refractivity contribution < 1.29 is 0 Å². The third kappa shape index (κ3) is 4.64. The van der Waals surface area contributed by atoms with Gasteiger partial charge in [0.15, 0.2) is 0 Å². The Hall–Kier alpha value is -2.51. The van der Waals surface area contributed by atoms with E-state index in [9.17, 15) is 0 Å². The van der Waals surface area contributed by atoms with Crippen molar-refractivity contribution in [2.75, 3.05) is 45.1 Å². The average molecular weight is 464 g/mol. The third-order valence-corrected chi connectivity index (χ3v) is 7.21. The highest BCUT2D eigenvalue weighted by molar-refractivity contribution is 7.17. The first-order chi connectivity index (χ1) is 15.7. The quantitative estimate of drug-likeness (QED) is 0.414. The van der Waals surface area contributed by atoms with Crippen LogP contribution in [-0.4, -0.2) is 59.5 Å². The van der Waals surface area contributed by atoms with Crippen LogP contribution in [0.4, 0.5) is 5.82 Å². The van der Waals surface area contributed by atoms with E-state index in [0.29, 0.717) is 0 Å². The highest BCUT2D eigenvalue weighted by Crippen LogP contribution is 2.38. The minimum absolute atomic E-state index is 0.135. The maximum Gasteiger partial charge on any atom is 0.139 e. The molecule has 1 unspecified atom stereocenters. The topological polar surface area (TPSA) is 44.3 Å². The molecule has 32 heavy (non-hydrogen) atoms. The van der Waals surface area contributed by atoms with E-state index in [0.717, 1.165) is 64.9 Å². The molecule has 0 saturated carbocycles. The van der Waals surface area contributed by atoms with Crippen LogP contribution >= 0.6 is 22.9 Å². The molecule has 1 aliphatic heterocycles. The fourth-order valence-corrected chi connectivity index (χ4v) is 5.24. The van der Waals surface area contributed by atoms with Gasteiger partial charge in [0, 0.05) is 48.7 Å². The number of aromatic nitrogens is 2. The number of fused-ring (bicyclic) bond motifs is 1. The number of benzene rings is 2. The number of hydrogen-bond acceptors (Lipinski definition) is 6. The first kappa shape index (κ1) is 21.3. The van der Waals surface area contributed by atoms with Gasteiger partial charge in [-0.3, -0.25) is 4.90 Å². The highest BCUT2D eigenvalue weighted by atomic mass is 35.5. The Labute approximate surface area is 197 Å². The van der Waals surface area contributed by atoms with E-state index < -0.39 is 0 Å². The molecule has 4 aromatic rings. The second-order valence-corrected chi connectivity index (χ2v) is 9.56. The summed E-state index contributed by atoms with van der Waals surface area (Å²) in [5.74, 6) is 0.879. The Balaban J connectivity index is 1.50. The van der Waals surface area contributed by atoms with Crippen molar-refractivity contribution in [1.82, 2.24) is 19.8 Å². The van der Waals surface area contributed by atoms with Crippen molar-refractivity contribution in [2.45, 2.75) is 6.04 Å². The maximum absolute atomic E-state index is 6.12. The second-order valence-electron chi connectivity index (χ2n) is 8.27. The molecule has 164 valence electrons. The molecule has 1 atom stereocenters. The zero-order valence-electron chi connectivity index (χ0n) is 18.0. The third-order valence-electron chi connectivity index (χ3n) is 6.08. The van der Waals surface area contributed by atoms with Gasteiger partial charge >= 0.3 is 0 Å². The molecule has 2 aromatic carbocycles. The van der Waals surface area contributed by atoms with Crippen molar-refractivity contribution in [3.8, 4) is 11.1 Å². The summed E-state index contributed by atoms with van der Waals surface area (Å²) in [5, 5.41) is 7.74. The molecule has 1 aliphatic rings. The molecule has 1 fully saturated rings.